The molecule has 3 aromatic rings. The molecule has 3 rings (SSSR count). The quantitative estimate of drug-likeness (QED) is 0.321. The van der Waals surface area contributed by atoms with Gasteiger partial charge in [-0.25, -0.2) is 9.59 Å². The fourth-order valence-corrected chi connectivity index (χ4v) is 10.4. The van der Waals surface area contributed by atoms with Crippen molar-refractivity contribution in [1.82, 2.24) is 5.32 Å². The van der Waals surface area contributed by atoms with Crippen LogP contribution in [-0.2, 0) is 16.0 Å². The minimum absolute atomic E-state index is 0.0515. The zero-order valence-corrected chi connectivity index (χ0v) is 24.9. The molecule has 0 aromatic heterocycles. The molecule has 0 bridgehead atoms. The molecule has 0 spiro atoms. The van der Waals surface area contributed by atoms with Crippen LogP contribution >= 0.6 is 0 Å². The number of aliphatic carboxylic acids is 1. The van der Waals surface area contributed by atoms with E-state index in [9.17, 15) is 14.7 Å². The van der Waals surface area contributed by atoms with Crippen LogP contribution in [0.2, 0.25) is 11.1 Å². The molecule has 7 heteroatoms. The SMILES string of the molecule is CC(C)(C)OC(=O)N[C@@H](Cc1ccc(OCC[Si](c2ccccc2)(c2ccccc2)C(C)(C)C)cc1)C(=O)O. The maximum atomic E-state index is 12.1. The zero-order valence-electron chi connectivity index (χ0n) is 23.9. The summed E-state index contributed by atoms with van der Waals surface area (Å²) in [5, 5.41) is 14.9. The number of hydrogen-bond donors (Lipinski definition) is 2. The monoisotopic (exact) mass is 547 g/mol. The van der Waals surface area contributed by atoms with E-state index in [2.05, 4.69) is 86.8 Å². The molecule has 6 nitrogen and oxygen atoms in total. The van der Waals surface area contributed by atoms with Gasteiger partial charge in [0.2, 0.25) is 0 Å². The molecule has 39 heavy (non-hydrogen) atoms. The van der Waals surface area contributed by atoms with Gasteiger partial charge in [-0.2, -0.15) is 0 Å². The number of amides is 1. The average molecular weight is 548 g/mol. The number of rotatable bonds is 10. The van der Waals surface area contributed by atoms with Crippen molar-refractivity contribution in [3.8, 4) is 5.75 Å². The molecule has 0 fully saturated rings. The van der Waals surface area contributed by atoms with Crippen LogP contribution < -0.4 is 20.4 Å². The molecule has 0 heterocycles. The lowest BCUT2D eigenvalue weighted by Gasteiger charge is -2.44. The van der Waals surface area contributed by atoms with E-state index >= 15 is 0 Å². The highest BCUT2D eigenvalue weighted by atomic mass is 28.3. The van der Waals surface area contributed by atoms with E-state index in [0.29, 0.717) is 6.61 Å². The fourth-order valence-electron chi connectivity index (χ4n) is 5.07. The predicted octanol–water partition coefficient (Wildman–Crippen LogP) is 5.65. The van der Waals surface area contributed by atoms with E-state index in [-0.39, 0.29) is 11.5 Å². The fraction of sp³-hybridized carbons (Fsp3) is 0.375. The van der Waals surface area contributed by atoms with Crippen molar-refractivity contribution >= 4 is 30.5 Å². The van der Waals surface area contributed by atoms with Gasteiger partial charge < -0.3 is 19.9 Å². The number of carboxylic acids is 1. The van der Waals surface area contributed by atoms with Crippen LogP contribution in [0.1, 0.15) is 47.1 Å². The molecule has 0 radical (unpaired) electrons. The Morgan fingerprint density at radius 3 is 1.77 bits per heavy atom. The number of benzene rings is 3. The second-order valence-electron chi connectivity index (χ2n) is 11.9. The molecule has 3 aromatic carbocycles. The van der Waals surface area contributed by atoms with Gasteiger partial charge in [-0.15, -0.1) is 0 Å². The Balaban J connectivity index is 1.72. The minimum Gasteiger partial charge on any atom is -0.494 e. The Morgan fingerprint density at radius 1 is 0.821 bits per heavy atom. The number of alkyl carbamates (subject to hydrolysis) is 1. The van der Waals surface area contributed by atoms with E-state index in [4.69, 9.17) is 9.47 Å². The smallest absolute Gasteiger partial charge is 0.408 e. The predicted molar refractivity (Wildman–Crippen MR) is 159 cm³/mol. The summed E-state index contributed by atoms with van der Waals surface area (Å²) in [6.07, 6.45) is -0.616. The first-order valence-electron chi connectivity index (χ1n) is 13.4. The van der Waals surface area contributed by atoms with Gasteiger partial charge in [0.1, 0.15) is 25.5 Å². The van der Waals surface area contributed by atoms with Gasteiger partial charge in [0.15, 0.2) is 0 Å². The van der Waals surface area contributed by atoms with Gasteiger partial charge in [0, 0.05) is 6.42 Å². The summed E-state index contributed by atoms with van der Waals surface area (Å²) < 4.78 is 11.5. The number of carbonyl (C=O) groups is 2. The molecule has 0 saturated carbocycles. The van der Waals surface area contributed by atoms with Crippen LogP contribution in [0, 0.1) is 0 Å². The maximum absolute atomic E-state index is 12.1. The second kappa shape index (κ2) is 12.5. The van der Waals surface area contributed by atoms with Crippen molar-refractivity contribution < 1.29 is 24.2 Å². The van der Waals surface area contributed by atoms with Crippen LogP contribution in [0.3, 0.4) is 0 Å². The van der Waals surface area contributed by atoms with E-state index in [1.165, 1.54) is 10.4 Å². The molecule has 208 valence electrons. The van der Waals surface area contributed by atoms with E-state index < -0.39 is 31.8 Å². The molecular weight excluding hydrogens is 506 g/mol. The maximum Gasteiger partial charge on any atom is 0.408 e. The zero-order chi connectivity index (χ0) is 28.7. The Bertz CT molecular complexity index is 1180. The Morgan fingerprint density at radius 2 is 1.33 bits per heavy atom. The first-order chi connectivity index (χ1) is 18.3. The first-order valence-corrected chi connectivity index (χ1v) is 15.6. The first kappa shape index (κ1) is 30.0. The third-order valence-electron chi connectivity index (χ3n) is 6.91. The molecule has 0 aliphatic carbocycles. The number of ether oxygens (including phenoxy) is 2. The van der Waals surface area contributed by atoms with Crippen molar-refractivity contribution in [2.75, 3.05) is 6.61 Å². The van der Waals surface area contributed by atoms with Gasteiger partial charge in [-0.1, -0.05) is 104 Å². The number of carbonyl (C=O) groups excluding carboxylic acids is 1. The minimum atomic E-state index is -2.22. The highest BCUT2D eigenvalue weighted by Crippen LogP contribution is 2.38. The molecule has 0 aliphatic heterocycles. The van der Waals surface area contributed by atoms with Crippen LogP contribution in [0.15, 0.2) is 84.9 Å². The van der Waals surface area contributed by atoms with Gasteiger partial charge in [0.05, 0.1) is 6.61 Å². The standard InChI is InChI=1S/C32H41NO5Si/c1-31(2,3)38-30(36)33-28(29(34)35)23-24-17-19-25(20-18-24)37-21-22-39(32(4,5)6,26-13-9-7-10-14-26)27-15-11-8-12-16-27/h7-20,28H,21-23H2,1-6H3,(H,33,36)(H,34,35)/t28-/m0/s1. The summed E-state index contributed by atoms with van der Waals surface area (Å²) in [6, 6.07) is 28.8. The van der Waals surface area contributed by atoms with Crippen LogP contribution in [-0.4, -0.2) is 43.5 Å². The summed E-state index contributed by atoms with van der Waals surface area (Å²) >= 11 is 0. The second-order valence-corrected chi connectivity index (χ2v) is 16.8. The lowest BCUT2D eigenvalue weighted by Crippen LogP contribution is -2.64. The van der Waals surface area contributed by atoms with Gasteiger partial charge in [0.25, 0.3) is 0 Å². The van der Waals surface area contributed by atoms with E-state index in [1.54, 1.807) is 20.8 Å². The lowest BCUT2D eigenvalue weighted by molar-refractivity contribution is -0.139. The normalized spacial score (nSPS) is 12.9. The van der Waals surface area contributed by atoms with Crippen molar-refractivity contribution in [2.24, 2.45) is 0 Å². The summed E-state index contributed by atoms with van der Waals surface area (Å²) in [5.74, 6) is -0.393. The summed E-state index contributed by atoms with van der Waals surface area (Å²) in [7, 11) is -2.22. The van der Waals surface area contributed by atoms with Crippen molar-refractivity contribution in [3.63, 3.8) is 0 Å². The lowest BCUT2D eigenvalue weighted by atomic mass is 10.1. The molecule has 1 amide bonds. The van der Waals surface area contributed by atoms with Crippen molar-refractivity contribution in [3.05, 3.63) is 90.5 Å². The largest absolute Gasteiger partial charge is 0.494 e. The van der Waals surface area contributed by atoms with Crippen LogP contribution in [0.5, 0.6) is 5.75 Å². The number of hydrogen-bond acceptors (Lipinski definition) is 4. The van der Waals surface area contributed by atoms with Crippen LogP contribution in [0.4, 0.5) is 4.79 Å². The molecular formula is C32H41NO5Si. The Hall–Kier alpha value is -3.58. The highest BCUT2D eigenvalue weighted by molar-refractivity contribution is 7.04. The molecule has 2 N–H and O–H groups in total. The Kier molecular flexibility index (Phi) is 9.62. The van der Waals surface area contributed by atoms with Crippen molar-refractivity contribution in [2.45, 2.75) is 70.7 Å². The highest BCUT2D eigenvalue weighted by Gasteiger charge is 2.47. The van der Waals surface area contributed by atoms with E-state index in [1.807, 2.05) is 24.3 Å². The van der Waals surface area contributed by atoms with E-state index in [0.717, 1.165) is 17.4 Å². The molecule has 1 atom stereocenters. The topological polar surface area (TPSA) is 84.9 Å². The molecule has 0 aliphatic rings. The summed E-state index contributed by atoms with van der Waals surface area (Å²) in [4.78, 5) is 23.8. The summed E-state index contributed by atoms with van der Waals surface area (Å²) in [5.41, 5.74) is 0.0680. The number of carboxylic acid groups (broad SMARTS) is 1. The van der Waals surface area contributed by atoms with Gasteiger partial charge in [-0.3, -0.25) is 0 Å². The van der Waals surface area contributed by atoms with Gasteiger partial charge in [-0.05, 0) is 49.5 Å². The third-order valence-corrected chi connectivity index (χ3v) is 13.1. The molecule has 0 unspecified atom stereocenters. The average Bonchev–Trinajstić information content (AvgIpc) is 2.86. The van der Waals surface area contributed by atoms with Crippen molar-refractivity contribution in [1.29, 1.82) is 0 Å². The summed E-state index contributed by atoms with van der Waals surface area (Å²) in [6.45, 7) is 12.7. The number of nitrogens with one attached hydrogen (secondary N) is 1. The third kappa shape index (κ3) is 7.96. The molecule has 0 saturated heterocycles. The van der Waals surface area contributed by atoms with Gasteiger partial charge >= 0.3 is 12.1 Å². The van der Waals surface area contributed by atoms with Crippen LogP contribution in [0.25, 0.3) is 0 Å². The Labute approximate surface area is 233 Å².